The minimum atomic E-state index is -0.440. The Morgan fingerprint density at radius 3 is 2.70 bits per heavy atom. The van der Waals surface area contributed by atoms with E-state index in [2.05, 4.69) is 10.6 Å². The van der Waals surface area contributed by atoms with Gasteiger partial charge in [-0.05, 0) is 30.5 Å². The second-order valence-corrected chi connectivity index (χ2v) is 5.23. The molecule has 0 spiro atoms. The summed E-state index contributed by atoms with van der Waals surface area (Å²) in [4.78, 5) is 23.6. The number of hydrogen-bond acceptors (Lipinski definition) is 3. The van der Waals surface area contributed by atoms with Crippen LogP contribution in [0.2, 0.25) is 5.02 Å². The molecule has 2 N–H and O–H groups in total. The molecule has 0 saturated carbocycles. The Morgan fingerprint density at radius 1 is 1.40 bits per heavy atom. The zero-order valence-corrected chi connectivity index (χ0v) is 12.2. The molecule has 20 heavy (non-hydrogen) atoms. The van der Waals surface area contributed by atoms with Crippen LogP contribution in [0.4, 0.5) is 5.69 Å². The highest BCUT2D eigenvalue weighted by molar-refractivity contribution is 6.34. The van der Waals surface area contributed by atoms with Crippen molar-refractivity contribution >= 4 is 29.1 Å². The second-order valence-electron chi connectivity index (χ2n) is 4.82. The van der Waals surface area contributed by atoms with Crippen LogP contribution in [-0.2, 0) is 9.53 Å². The molecule has 2 atom stereocenters. The SMILES string of the molecule is CNC(=O)c1ccc(NC(=O)[C@H]2OCC[C@H]2C)c(Cl)c1. The van der Waals surface area contributed by atoms with Crippen LogP contribution in [0.3, 0.4) is 0 Å². The lowest BCUT2D eigenvalue weighted by Gasteiger charge is -2.15. The molecule has 0 bridgehead atoms. The number of rotatable bonds is 3. The van der Waals surface area contributed by atoms with E-state index in [9.17, 15) is 9.59 Å². The van der Waals surface area contributed by atoms with Gasteiger partial charge in [0.1, 0.15) is 6.10 Å². The zero-order valence-electron chi connectivity index (χ0n) is 11.4. The fourth-order valence-corrected chi connectivity index (χ4v) is 2.36. The van der Waals surface area contributed by atoms with Crippen molar-refractivity contribution in [3.8, 4) is 0 Å². The first kappa shape index (κ1) is 14.8. The van der Waals surface area contributed by atoms with E-state index in [-0.39, 0.29) is 17.7 Å². The van der Waals surface area contributed by atoms with Gasteiger partial charge in [0.2, 0.25) is 0 Å². The number of amides is 2. The normalized spacial score (nSPS) is 21.6. The minimum absolute atomic E-state index is 0.193. The molecular formula is C14H17ClN2O3. The fourth-order valence-electron chi connectivity index (χ4n) is 2.14. The lowest BCUT2D eigenvalue weighted by molar-refractivity contribution is -0.126. The molecule has 1 aromatic carbocycles. The number of carbonyl (C=O) groups is 2. The molecule has 1 aliphatic rings. The highest BCUT2D eigenvalue weighted by atomic mass is 35.5. The summed E-state index contributed by atoms with van der Waals surface area (Å²) in [5.41, 5.74) is 0.924. The van der Waals surface area contributed by atoms with Crippen molar-refractivity contribution in [3.05, 3.63) is 28.8 Å². The second kappa shape index (κ2) is 6.24. The van der Waals surface area contributed by atoms with Gasteiger partial charge in [0, 0.05) is 19.2 Å². The van der Waals surface area contributed by atoms with Gasteiger partial charge in [0.05, 0.1) is 10.7 Å². The van der Waals surface area contributed by atoms with Gasteiger partial charge in [-0.15, -0.1) is 0 Å². The van der Waals surface area contributed by atoms with Gasteiger partial charge in [-0.25, -0.2) is 0 Å². The lowest BCUT2D eigenvalue weighted by atomic mass is 10.0. The molecule has 0 aromatic heterocycles. The van der Waals surface area contributed by atoms with Gasteiger partial charge < -0.3 is 15.4 Å². The highest BCUT2D eigenvalue weighted by Gasteiger charge is 2.31. The number of ether oxygens (including phenoxy) is 1. The standard InChI is InChI=1S/C14H17ClN2O3/c1-8-5-6-20-12(8)14(19)17-11-4-3-9(7-10(11)15)13(18)16-2/h3-4,7-8,12H,5-6H2,1-2H3,(H,16,18)(H,17,19)/t8-,12+/m1/s1. The van der Waals surface area contributed by atoms with E-state index in [1.807, 2.05) is 6.92 Å². The van der Waals surface area contributed by atoms with Gasteiger partial charge in [-0.2, -0.15) is 0 Å². The summed E-state index contributed by atoms with van der Waals surface area (Å²) in [5.74, 6) is -0.235. The predicted molar refractivity (Wildman–Crippen MR) is 77.0 cm³/mol. The summed E-state index contributed by atoms with van der Waals surface area (Å²) in [5, 5.41) is 5.58. The molecule has 2 amide bonds. The Hall–Kier alpha value is -1.59. The van der Waals surface area contributed by atoms with E-state index in [1.54, 1.807) is 19.2 Å². The van der Waals surface area contributed by atoms with E-state index in [0.29, 0.717) is 22.9 Å². The first-order valence-corrected chi connectivity index (χ1v) is 6.85. The summed E-state index contributed by atoms with van der Waals surface area (Å²) < 4.78 is 5.40. The van der Waals surface area contributed by atoms with Crippen LogP contribution >= 0.6 is 11.6 Å². The number of carbonyl (C=O) groups excluding carboxylic acids is 2. The van der Waals surface area contributed by atoms with Crippen LogP contribution in [0.15, 0.2) is 18.2 Å². The summed E-state index contributed by atoms with van der Waals surface area (Å²) in [6, 6.07) is 4.75. The Kier molecular flexibility index (Phi) is 4.62. The Morgan fingerprint density at radius 2 is 2.15 bits per heavy atom. The summed E-state index contributed by atoms with van der Waals surface area (Å²) in [7, 11) is 1.55. The quantitative estimate of drug-likeness (QED) is 0.897. The molecule has 0 radical (unpaired) electrons. The van der Waals surface area contributed by atoms with Crippen molar-refractivity contribution in [1.82, 2.24) is 5.32 Å². The van der Waals surface area contributed by atoms with Gasteiger partial charge in [0.15, 0.2) is 0 Å². The van der Waals surface area contributed by atoms with E-state index >= 15 is 0 Å². The summed E-state index contributed by atoms with van der Waals surface area (Å²) >= 11 is 6.08. The number of benzene rings is 1. The number of nitrogens with one attached hydrogen (secondary N) is 2. The van der Waals surface area contributed by atoms with Crippen molar-refractivity contribution < 1.29 is 14.3 Å². The average Bonchev–Trinajstić information content (AvgIpc) is 2.86. The minimum Gasteiger partial charge on any atom is -0.368 e. The van der Waals surface area contributed by atoms with Crippen LogP contribution in [0, 0.1) is 5.92 Å². The third-order valence-corrected chi connectivity index (χ3v) is 3.67. The van der Waals surface area contributed by atoms with Crippen LogP contribution < -0.4 is 10.6 Å². The van der Waals surface area contributed by atoms with Crippen molar-refractivity contribution in [2.75, 3.05) is 19.0 Å². The van der Waals surface area contributed by atoms with Crippen LogP contribution in [0.5, 0.6) is 0 Å². The van der Waals surface area contributed by atoms with Gasteiger partial charge in [0.25, 0.3) is 11.8 Å². The van der Waals surface area contributed by atoms with E-state index < -0.39 is 6.10 Å². The molecule has 5 nitrogen and oxygen atoms in total. The van der Waals surface area contributed by atoms with Crippen molar-refractivity contribution in [1.29, 1.82) is 0 Å². The van der Waals surface area contributed by atoms with Crippen LogP contribution in [-0.4, -0.2) is 31.6 Å². The van der Waals surface area contributed by atoms with E-state index in [1.165, 1.54) is 6.07 Å². The molecule has 1 heterocycles. The zero-order chi connectivity index (χ0) is 14.7. The maximum absolute atomic E-state index is 12.1. The molecule has 108 valence electrons. The van der Waals surface area contributed by atoms with Crippen molar-refractivity contribution in [3.63, 3.8) is 0 Å². The average molecular weight is 297 g/mol. The molecule has 1 aromatic rings. The summed E-state index contributed by atoms with van der Waals surface area (Å²) in [6.45, 7) is 2.58. The van der Waals surface area contributed by atoms with Crippen LogP contribution in [0.25, 0.3) is 0 Å². The summed E-state index contributed by atoms with van der Waals surface area (Å²) in [6.07, 6.45) is 0.436. The fraction of sp³-hybridized carbons (Fsp3) is 0.429. The first-order chi connectivity index (χ1) is 9.52. The van der Waals surface area contributed by atoms with Crippen molar-refractivity contribution in [2.45, 2.75) is 19.4 Å². The predicted octanol–water partition coefficient (Wildman–Crippen LogP) is 2.06. The molecule has 6 heteroatoms. The van der Waals surface area contributed by atoms with Crippen LogP contribution in [0.1, 0.15) is 23.7 Å². The number of anilines is 1. The Labute approximate surface area is 122 Å². The molecule has 0 aliphatic carbocycles. The third-order valence-electron chi connectivity index (χ3n) is 3.36. The first-order valence-electron chi connectivity index (χ1n) is 6.47. The molecular weight excluding hydrogens is 280 g/mol. The molecule has 2 rings (SSSR count). The largest absolute Gasteiger partial charge is 0.368 e. The maximum Gasteiger partial charge on any atom is 0.253 e. The Bertz CT molecular complexity index is 533. The van der Waals surface area contributed by atoms with Gasteiger partial charge in [-0.1, -0.05) is 18.5 Å². The molecule has 1 aliphatic heterocycles. The van der Waals surface area contributed by atoms with E-state index in [4.69, 9.17) is 16.3 Å². The van der Waals surface area contributed by atoms with E-state index in [0.717, 1.165) is 6.42 Å². The third kappa shape index (κ3) is 3.11. The monoisotopic (exact) mass is 296 g/mol. The maximum atomic E-state index is 12.1. The molecule has 1 fully saturated rings. The van der Waals surface area contributed by atoms with Gasteiger partial charge >= 0.3 is 0 Å². The smallest absolute Gasteiger partial charge is 0.253 e. The number of hydrogen-bond donors (Lipinski definition) is 2. The van der Waals surface area contributed by atoms with Crippen molar-refractivity contribution in [2.24, 2.45) is 5.92 Å². The number of halogens is 1. The highest BCUT2D eigenvalue weighted by Crippen LogP contribution is 2.26. The lowest BCUT2D eigenvalue weighted by Crippen LogP contribution is -2.31. The topological polar surface area (TPSA) is 67.4 Å². The Balaban J connectivity index is 2.10. The molecule has 0 unspecified atom stereocenters. The molecule has 1 saturated heterocycles. The van der Waals surface area contributed by atoms with Gasteiger partial charge in [-0.3, -0.25) is 9.59 Å².